The van der Waals surface area contributed by atoms with Gasteiger partial charge in [-0.1, -0.05) is 12.1 Å². The molecule has 1 aromatic carbocycles. The number of rotatable bonds is 2. The number of hydrogen-bond acceptors (Lipinski definition) is 1. The molecule has 0 aromatic heterocycles. The lowest BCUT2D eigenvalue weighted by atomic mass is 10.0. The highest BCUT2D eigenvalue weighted by atomic mass is 19.4. The van der Waals surface area contributed by atoms with E-state index in [0.717, 1.165) is 18.2 Å². The van der Waals surface area contributed by atoms with Gasteiger partial charge in [-0.05, 0) is 30.2 Å². The molecule has 86 valence electrons. The fourth-order valence-corrected chi connectivity index (χ4v) is 1.30. The minimum Gasteiger partial charge on any atom is -0.478 e. The molecule has 0 unspecified atom stereocenters. The molecule has 0 bridgehead atoms. The van der Waals surface area contributed by atoms with E-state index in [1.54, 1.807) is 0 Å². The summed E-state index contributed by atoms with van der Waals surface area (Å²) < 4.78 is 37.5. The van der Waals surface area contributed by atoms with E-state index in [1.807, 2.05) is 0 Å². The van der Waals surface area contributed by atoms with E-state index in [0.29, 0.717) is 0 Å². The normalized spacial score (nSPS) is 12.0. The number of benzene rings is 1. The molecule has 5 heteroatoms. The predicted octanol–water partition coefficient (Wildman–Crippen LogP) is 3.11. The van der Waals surface area contributed by atoms with Gasteiger partial charge in [-0.25, -0.2) is 4.79 Å². The van der Waals surface area contributed by atoms with Gasteiger partial charge in [-0.2, -0.15) is 13.2 Å². The molecule has 1 rings (SSSR count). The monoisotopic (exact) mass is 230 g/mol. The van der Waals surface area contributed by atoms with Crippen molar-refractivity contribution < 1.29 is 23.1 Å². The summed E-state index contributed by atoms with van der Waals surface area (Å²) in [6.45, 7) is 1.31. The van der Waals surface area contributed by atoms with Crippen molar-refractivity contribution in [3.63, 3.8) is 0 Å². The van der Waals surface area contributed by atoms with Gasteiger partial charge in [0.05, 0.1) is 5.56 Å². The standard InChI is InChI=1S/C11H9F3O2/c1-7-8(5-6-10(15)16)3-2-4-9(7)11(12,13)14/h2-6H,1H3,(H,15,16)/b6-5+. The number of halogens is 3. The Morgan fingerprint density at radius 2 is 2.00 bits per heavy atom. The summed E-state index contributed by atoms with van der Waals surface area (Å²) in [4.78, 5) is 10.3. The zero-order valence-corrected chi connectivity index (χ0v) is 8.38. The van der Waals surface area contributed by atoms with Crippen LogP contribution in [0.1, 0.15) is 16.7 Å². The van der Waals surface area contributed by atoms with Crippen LogP contribution in [0.15, 0.2) is 24.3 Å². The summed E-state index contributed by atoms with van der Waals surface area (Å²) in [6, 6.07) is 3.65. The Morgan fingerprint density at radius 1 is 1.38 bits per heavy atom. The summed E-state index contributed by atoms with van der Waals surface area (Å²) >= 11 is 0. The van der Waals surface area contributed by atoms with E-state index in [1.165, 1.54) is 19.1 Å². The topological polar surface area (TPSA) is 37.3 Å². The smallest absolute Gasteiger partial charge is 0.416 e. The van der Waals surface area contributed by atoms with Gasteiger partial charge in [0.15, 0.2) is 0 Å². The van der Waals surface area contributed by atoms with Crippen LogP contribution in [0.2, 0.25) is 0 Å². The fraction of sp³-hybridized carbons (Fsp3) is 0.182. The van der Waals surface area contributed by atoms with Crippen LogP contribution in [0.25, 0.3) is 6.08 Å². The molecule has 0 aliphatic carbocycles. The summed E-state index contributed by atoms with van der Waals surface area (Å²) in [5, 5.41) is 8.39. The molecule has 0 spiro atoms. The Balaban J connectivity index is 3.19. The minimum absolute atomic E-state index is 0.0208. The average molecular weight is 230 g/mol. The number of carbonyl (C=O) groups is 1. The third-order valence-electron chi connectivity index (χ3n) is 2.09. The van der Waals surface area contributed by atoms with Crippen LogP contribution >= 0.6 is 0 Å². The molecule has 2 nitrogen and oxygen atoms in total. The van der Waals surface area contributed by atoms with Crippen molar-refractivity contribution in [3.8, 4) is 0 Å². The number of alkyl halides is 3. The number of carboxylic acid groups (broad SMARTS) is 1. The molecule has 1 aromatic rings. The summed E-state index contributed by atoms with van der Waals surface area (Å²) in [5.41, 5.74) is -0.482. The molecule has 0 amide bonds. The van der Waals surface area contributed by atoms with E-state index in [9.17, 15) is 18.0 Å². The maximum absolute atomic E-state index is 12.5. The largest absolute Gasteiger partial charge is 0.478 e. The Hall–Kier alpha value is -1.78. The SMILES string of the molecule is Cc1c(/C=C/C(=O)O)cccc1C(F)(F)F. The highest BCUT2D eigenvalue weighted by molar-refractivity contribution is 5.85. The third-order valence-corrected chi connectivity index (χ3v) is 2.09. The van der Waals surface area contributed by atoms with Crippen molar-refractivity contribution in [1.82, 2.24) is 0 Å². The quantitative estimate of drug-likeness (QED) is 0.792. The molecule has 0 saturated carbocycles. The fourth-order valence-electron chi connectivity index (χ4n) is 1.30. The van der Waals surface area contributed by atoms with Gasteiger partial charge < -0.3 is 5.11 Å². The maximum atomic E-state index is 12.5. The lowest BCUT2D eigenvalue weighted by molar-refractivity contribution is -0.138. The molecule has 0 fully saturated rings. The van der Waals surface area contributed by atoms with Crippen molar-refractivity contribution >= 4 is 12.0 Å². The van der Waals surface area contributed by atoms with Gasteiger partial charge in [0.2, 0.25) is 0 Å². The minimum atomic E-state index is -4.42. The molecular weight excluding hydrogens is 221 g/mol. The highest BCUT2D eigenvalue weighted by Crippen LogP contribution is 2.33. The highest BCUT2D eigenvalue weighted by Gasteiger charge is 2.32. The van der Waals surface area contributed by atoms with Crippen LogP contribution in [0.3, 0.4) is 0 Å². The van der Waals surface area contributed by atoms with Gasteiger partial charge in [-0.15, -0.1) is 0 Å². The lowest BCUT2D eigenvalue weighted by Crippen LogP contribution is -2.08. The first-order chi connectivity index (χ1) is 7.32. The summed E-state index contributed by atoms with van der Waals surface area (Å²) in [7, 11) is 0. The zero-order valence-electron chi connectivity index (χ0n) is 8.38. The van der Waals surface area contributed by atoms with E-state index in [4.69, 9.17) is 5.11 Å². The van der Waals surface area contributed by atoms with Crippen LogP contribution < -0.4 is 0 Å². The number of carboxylic acids is 1. The second-order valence-corrected chi connectivity index (χ2v) is 3.19. The second-order valence-electron chi connectivity index (χ2n) is 3.19. The third kappa shape index (κ3) is 2.85. The molecule has 16 heavy (non-hydrogen) atoms. The molecule has 1 N–H and O–H groups in total. The summed E-state index contributed by atoms with van der Waals surface area (Å²) in [5.74, 6) is -1.20. The number of hydrogen-bond donors (Lipinski definition) is 1. The molecule has 0 aliphatic heterocycles. The average Bonchev–Trinajstić information content (AvgIpc) is 2.14. The molecule has 0 aliphatic rings. The predicted molar refractivity (Wildman–Crippen MR) is 52.9 cm³/mol. The molecule has 0 radical (unpaired) electrons. The Labute approximate surface area is 90.0 Å². The first kappa shape index (κ1) is 12.3. The van der Waals surface area contributed by atoms with Gasteiger partial charge in [0, 0.05) is 6.08 Å². The van der Waals surface area contributed by atoms with E-state index in [-0.39, 0.29) is 11.1 Å². The van der Waals surface area contributed by atoms with Gasteiger partial charge in [0.25, 0.3) is 0 Å². The van der Waals surface area contributed by atoms with E-state index >= 15 is 0 Å². The Morgan fingerprint density at radius 3 is 2.50 bits per heavy atom. The van der Waals surface area contributed by atoms with E-state index in [2.05, 4.69) is 0 Å². The first-order valence-electron chi connectivity index (χ1n) is 4.40. The van der Waals surface area contributed by atoms with Crippen LogP contribution in [0.4, 0.5) is 13.2 Å². The zero-order chi connectivity index (χ0) is 12.3. The summed E-state index contributed by atoms with van der Waals surface area (Å²) in [6.07, 6.45) is -2.47. The van der Waals surface area contributed by atoms with Crippen molar-refractivity contribution in [2.75, 3.05) is 0 Å². The van der Waals surface area contributed by atoms with Crippen molar-refractivity contribution in [2.45, 2.75) is 13.1 Å². The van der Waals surface area contributed by atoms with Crippen LogP contribution in [-0.4, -0.2) is 11.1 Å². The van der Waals surface area contributed by atoms with Gasteiger partial charge in [0.1, 0.15) is 0 Å². The van der Waals surface area contributed by atoms with Crippen molar-refractivity contribution in [2.24, 2.45) is 0 Å². The number of aliphatic carboxylic acids is 1. The Bertz CT molecular complexity index is 433. The van der Waals surface area contributed by atoms with Crippen molar-refractivity contribution in [1.29, 1.82) is 0 Å². The van der Waals surface area contributed by atoms with Crippen LogP contribution in [0.5, 0.6) is 0 Å². The van der Waals surface area contributed by atoms with Crippen molar-refractivity contribution in [3.05, 3.63) is 41.0 Å². The molecule has 0 atom stereocenters. The Kier molecular flexibility index (Phi) is 3.37. The van der Waals surface area contributed by atoms with Crippen LogP contribution in [-0.2, 0) is 11.0 Å². The van der Waals surface area contributed by atoms with Gasteiger partial charge in [-0.3, -0.25) is 0 Å². The lowest BCUT2D eigenvalue weighted by Gasteiger charge is -2.11. The molecule has 0 heterocycles. The second kappa shape index (κ2) is 4.38. The van der Waals surface area contributed by atoms with Crippen LogP contribution in [0, 0.1) is 6.92 Å². The molecular formula is C11H9F3O2. The maximum Gasteiger partial charge on any atom is 0.416 e. The van der Waals surface area contributed by atoms with Gasteiger partial charge >= 0.3 is 12.1 Å². The first-order valence-corrected chi connectivity index (χ1v) is 4.40. The molecule has 0 saturated heterocycles. The van der Waals surface area contributed by atoms with E-state index < -0.39 is 17.7 Å².